The molecule has 3 nitrogen and oxygen atoms in total. The minimum absolute atomic E-state index is 0.0966. The van der Waals surface area contributed by atoms with Gasteiger partial charge in [0.1, 0.15) is 0 Å². The first kappa shape index (κ1) is 13.9. The number of rotatable bonds is 4. The second kappa shape index (κ2) is 6.56. The third-order valence-corrected chi connectivity index (χ3v) is 3.60. The molecule has 0 aromatic heterocycles. The van der Waals surface area contributed by atoms with Crippen molar-refractivity contribution in [2.45, 2.75) is 6.92 Å². The summed E-state index contributed by atoms with van der Waals surface area (Å²) in [5, 5.41) is 6.13. The van der Waals surface area contributed by atoms with Gasteiger partial charge in [0.05, 0.1) is 11.3 Å². The average Bonchev–Trinajstić information content (AvgIpc) is 2.42. The fourth-order valence-electron chi connectivity index (χ4n) is 1.78. The van der Waals surface area contributed by atoms with Gasteiger partial charge in [-0.25, -0.2) is 0 Å². The Balaban J connectivity index is 2.23. The van der Waals surface area contributed by atoms with Gasteiger partial charge in [0.2, 0.25) is 0 Å². The van der Waals surface area contributed by atoms with Gasteiger partial charge in [0.15, 0.2) is 0 Å². The van der Waals surface area contributed by atoms with Crippen molar-refractivity contribution in [3.63, 3.8) is 0 Å². The molecule has 0 atom stereocenters. The largest absolute Gasteiger partial charge is 0.385 e. The number of hydrogen-bond acceptors (Lipinski definition) is 2. The number of benzene rings is 2. The van der Waals surface area contributed by atoms with Gasteiger partial charge < -0.3 is 10.6 Å². The summed E-state index contributed by atoms with van der Waals surface area (Å²) in [5.41, 5.74) is 2.34. The molecule has 2 aromatic carbocycles. The van der Waals surface area contributed by atoms with Crippen LogP contribution in [0.1, 0.15) is 17.3 Å². The SMILES string of the molecule is CCNc1ccccc1C(=O)Nc1ccccc1I. The normalized spacial score (nSPS) is 10.0. The molecular formula is C15H15IN2O. The Morgan fingerprint density at radius 2 is 1.68 bits per heavy atom. The monoisotopic (exact) mass is 366 g/mol. The van der Waals surface area contributed by atoms with E-state index in [0.717, 1.165) is 21.5 Å². The zero-order chi connectivity index (χ0) is 13.7. The van der Waals surface area contributed by atoms with Gasteiger partial charge in [-0.2, -0.15) is 0 Å². The second-order valence-electron chi connectivity index (χ2n) is 4.01. The summed E-state index contributed by atoms with van der Waals surface area (Å²) < 4.78 is 1.02. The lowest BCUT2D eigenvalue weighted by Crippen LogP contribution is -2.15. The maximum absolute atomic E-state index is 12.3. The molecule has 0 saturated carbocycles. The summed E-state index contributed by atoms with van der Waals surface area (Å²) in [6, 6.07) is 15.2. The molecule has 0 spiro atoms. The Bertz CT molecular complexity index is 584. The fraction of sp³-hybridized carbons (Fsp3) is 0.133. The molecule has 98 valence electrons. The zero-order valence-corrected chi connectivity index (χ0v) is 12.8. The summed E-state index contributed by atoms with van der Waals surface area (Å²) in [5.74, 6) is -0.0966. The molecule has 0 bridgehead atoms. The van der Waals surface area contributed by atoms with Gasteiger partial charge >= 0.3 is 0 Å². The lowest BCUT2D eigenvalue weighted by Gasteiger charge is -2.11. The molecule has 2 N–H and O–H groups in total. The molecule has 0 radical (unpaired) electrons. The molecule has 4 heteroatoms. The first-order valence-electron chi connectivity index (χ1n) is 6.11. The van der Waals surface area contributed by atoms with Crippen molar-refractivity contribution in [3.8, 4) is 0 Å². The van der Waals surface area contributed by atoms with Gasteiger partial charge in [0.25, 0.3) is 5.91 Å². The lowest BCUT2D eigenvalue weighted by molar-refractivity contribution is 0.102. The number of carbonyl (C=O) groups excluding carboxylic acids is 1. The summed E-state index contributed by atoms with van der Waals surface area (Å²) >= 11 is 2.21. The molecule has 0 heterocycles. The molecule has 0 aliphatic rings. The zero-order valence-electron chi connectivity index (χ0n) is 10.6. The van der Waals surface area contributed by atoms with Crippen LogP contribution in [0.3, 0.4) is 0 Å². The highest BCUT2D eigenvalue weighted by molar-refractivity contribution is 14.1. The van der Waals surface area contributed by atoms with Gasteiger partial charge in [-0.3, -0.25) is 4.79 Å². The molecule has 0 unspecified atom stereocenters. The van der Waals surface area contributed by atoms with Crippen LogP contribution in [0.5, 0.6) is 0 Å². The maximum atomic E-state index is 12.3. The van der Waals surface area contributed by atoms with E-state index in [-0.39, 0.29) is 5.91 Å². The van der Waals surface area contributed by atoms with Crippen LogP contribution in [0.4, 0.5) is 11.4 Å². The Morgan fingerprint density at radius 3 is 2.37 bits per heavy atom. The molecular weight excluding hydrogens is 351 g/mol. The van der Waals surface area contributed by atoms with Gasteiger partial charge in [0, 0.05) is 15.8 Å². The van der Waals surface area contributed by atoms with Gasteiger partial charge in [-0.15, -0.1) is 0 Å². The number of carbonyl (C=O) groups is 1. The highest BCUT2D eigenvalue weighted by atomic mass is 127. The van der Waals surface area contributed by atoms with Gasteiger partial charge in [-0.05, 0) is 53.8 Å². The third kappa shape index (κ3) is 3.47. The number of halogens is 1. The van der Waals surface area contributed by atoms with Crippen molar-refractivity contribution < 1.29 is 4.79 Å². The van der Waals surface area contributed by atoms with Crippen LogP contribution in [0.15, 0.2) is 48.5 Å². The fourth-order valence-corrected chi connectivity index (χ4v) is 2.30. The van der Waals surface area contributed by atoms with Crippen LogP contribution < -0.4 is 10.6 Å². The summed E-state index contributed by atoms with van der Waals surface area (Å²) in [6.07, 6.45) is 0. The molecule has 0 aliphatic carbocycles. The molecule has 0 aliphatic heterocycles. The molecule has 2 aromatic rings. The van der Waals surface area contributed by atoms with Crippen molar-refractivity contribution in [1.82, 2.24) is 0 Å². The van der Waals surface area contributed by atoms with E-state index in [1.807, 2.05) is 55.5 Å². The van der Waals surface area contributed by atoms with E-state index in [1.54, 1.807) is 0 Å². The first-order chi connectivity index (χ1) is 9.22. The minimum atomic E-state index is -0.0966. The number of anilines is 2. The Hall–Kier alpha value is -1.56. The first-order valence-corrected chi connectivity index (χ1v) is 7.19. The molecule has 1 amide bonds. The molecule has 0 saturated heterocycles. The summed E-state index contributed by atoms with van der Waals surface area (Å²) in [6.45, 7) is 2.79. The molecule has 0 fully saturated rings. The van der Waals surface area contributed by atoms with Crippen LogP contribution in [0.25, 0.3) is 0 Å². The molecule has 19 heavy (non-hydrogen) atoms. The number of hydrogen-bond donors (Lipinski definition) is 2. The maximum Gasteiger partial charge on any atom is 0.257 e. The Labute approximate surface area is 126 Å². The van der Waals surface area contributed by atoms with Crippen molar-refractivity contribution in [2.75, 3.05) is 17.2 Å². The summed E-state index contributed by atoms with van der Waals surface area (Å²) in [7, 11) is 0. The van der Waals surface area contributed by atoms with E-state index in [0.29, 0.717) is 5.56 Å². The van der Waals surface area contributed by atoms with Crippen molar-refractivity contribution in [2.24, 2.45) is 0 Å². The van der Waals surface area contributed by atoms with E-state index < -0.39 is 0 Å². The van der Waals surface area contributed by atoms with Crippen molar-refractivity contribution in [1.29, 1.82) is 0 Å². The van der Waals surface area contributed by atoms with Crippen LogP contribution in [-0.4, -0.2) is 12.5 Å². The quantitative estimate of drug-likeness (QED) is 0.804. The van der Waals surface area contributed by atoms with Gasteiger partial charge in [-0.1, -0.05) is 24.3 Å². The minimum Gasteiger partial charge on any atom is -0.385 e. The highest BCUT2D eigenvalue weighted by Gasteiger charge is 2.11. The van der Waals surface area contributed by atoms with Crippen LogP contribution in [0.2, 0.25) is 0 Å². The molecule has 2 rings (SSSR count). The third-order valence-electron chi connectivity index (χ3n) is 2.66. The van der Waals surface area contributed by atoms with Crippen LogP contribution >= 0.6 is 22.6 Å². The standard InChI is InChI=1S/C15H15IN2O/c1-2-17-13-9-5-3-7-11(13)15(19)18-14-10-6-4-8-12(14)16/h3-10,17H,2H2,1H3,(H,18,19). The van der Waals surface area contributed by atoms with E-state index in [1.165, 1.54) is 0 Å². The lowest BCUT2D eigenvalue weighted by atomic mass is 10.1. The van der Waals surface area contributed by atoms with E-state index in [9.17, 15) is 4.79 Å². The topological polar surface area (TPSA) is 41.1 Å². The van der Waals surface area contributed by atoms with E-state index in [4.69, 9.17) is 0 Å². The van der Waals surface area contributed by atoms with Crippen molar-refractivity contribution >= 4 is 39.9 Å². The predicted octanol–water partition coefficient (Wildman–Crippen LogP) is 3.98. The number of nitrogens with one attached hydrogen (secondary N) is 2. The Kier molecular flexibility index (Phi) is 4.79. The summed E-state index contributed by atoms with van der Waals surface area (Å²) in [4.78, 5) is 12.3. The smallest absolute Gasteiger partial charge is 0.257 e. The van der Waals surface area contributed by atoms with Crippen LogP contribution in [0, 0.1) is 3.57 Å². The second-order valence-corrected chi connectivity index (χ2v) is 5.17. The number of para-hydroxylation sites is 2. The highest BCUT2D eigenvalue weighted by Crippen LogP contribution is 2.20. The van der Waals surface area contributed by atoms with Crippen LogP contribution in [-0.2, 0) is 0 Å². The van der Waals surface area contributed by atoms with E-state index >= 15 is 0 Å². The van der Waals surface area contributed by atoms with Crippen molar-refractivity contribution in [3.05, 3.63) is 57.7 Å². The Morgan fingerprint density at radius 1 is 1.05 bits per heavy atom. The predicted molar refractivity (Wildman–Crippen MR) is 87.7 cm³/mol. The average molecular weight is 366 g/mol. The van der Waals surface area contributed by atoms with E-state index in [2.05, 4.69) is 33.2 Å². The number of amides is 1.